The number of amides is 1. The van der Waals surface area contributed by atoms with Gasteiger partial charge in [0.1, 0.15) is 0 Å². The van der Waals surface area contributed by atoms with E-state index in [2.05, 4.69) is 31.4 Å². The maximum absolute atomic E-state index is 11.4. The van der Waals surface area contributed by atoms with E-state index in [1.807, 2.05) is 6.92 Å². The Morgan fingerprint density at radius 1 is 1.33 bits per heavy atom. The van der Waals surface area contributed by atoms with Crippen molar-refractivity contribution in [3.63, 3.8) is 0 Å². The van der Waals surface area contributed by atoms with Crippen LogP contribution < -0.4 is 10.6 Å². The van der Waals surface area contributed by atoms with Gasteiger partial charge >= 0.3 is 0 Å². The molecule has 106 valence electrons. The molecule has 4 heteroatoms. The molecule has 0 saturated heterocycles. The zero-order valence-electron chi connectivity index (χ0n) is 12.2. The molecule has 1 rings (SSSR count). The van der Waals surface area contributed by atoms with Crippen LogP contribution in [0.4, 0.5) is 0 Å². The van der Waals surface area contributed by atoms with E-state index in [9.17, 15) is 4.79 Å². The molecule has 0 aromatic heterocycles. The Balaban J connectivity index is 2.16. The zero-order valence-corrected chi connectivity index (χ0v) is 12.2. The lowest BCUT2D eigenvalue weighted by atomic mass is 9.64. The summed E-state index contributed by atoms with van der Waals surface area (Å²) < 4.78 is 5.68. The lowest BCUT2D eigenvalue weighted by Crippen LogP contribution is -2.61. The first-order valence-electron chi connectivity index (χ1n) is 7.14. The van der Waals surface area contributed by atoms with Crippen LogP contribution in [0.5, 0.6) is 0 Å². The highest BCUT2D eigenvalue weighted by Gasteiger charge is 2.48. The van der Waals surface area contributed by atoms with E-state index in [0.29, 0.717) is 18.6 Å². The molecule has 2 N–H and O–H groups in total. The Kier molecular flexibility index (Phi) is 6.09. The number of nitrogens with one attached hydrogen (secondary N) is 2. The third-order valence-electron chi connectivity index (χ3n) is 3.86. The van der Waals surface area contributed by atoms with E-state index < -0.39 is 0 Å². The Bertz CT molecular complexity index is 267. The molecule has 0 aliphatic heterocycles. The lowest BCUT2D eigenvalue weighted by molar-refractivity contribution is -0.122. The molecule has 1 saturated carbocycles. The minimum absolute atomic E-state index is 0.142. The largest absolute Gasteiger partial charge is 0.378 e. The molecule has 0 bridgehead atoms. The van der Waals surface area contributed by atoms with E-state index >= 15 is 0 Å². The van der Waals surface area contributed by atoms with Gasteiger partial charge in [-0.15, -0.1) is 0 Å². The van der Waals surface area contributed by atoms with Gasteiger partial charge in [0.15, 0.2) is 0 Å². The van der Waals surface area contributed by atoms with Crippen molar-refractivity contribution in [3.8, 4) is 0 Å². The molecule has 0 spiro atoms. The van der Waals surface area contributed by atoms with Crippen molar-refractivity contribution in [3.05, 3.63) is 0 Å². The molecule has 1 amide bonds. The summed E-state index contributed by atoms with van der Waals surface area (Å²) in [5, 5.41) is 6.35. The molecule has 0 aromatic rings. The smallest absolute Gasteiger partial charge is 0.221 e. The van der Waals surface area contributed by atoms with E-state index in [4.69, 9.17) is 4.74 Å². The fourth-order valence-electron chi connectivity index (χ4n) is 2.43. The molecule has 4 nitrogen and oxygen atoms in total. The first-order chi connectivity index (χ1) is 8.52. The minimum Gasteiger partial charge on any atom is -0.378 e. The number of hydrogen-bond donors (Lipinski definition) is 2. The molecule has 2 unspecified atom stereocenters. The van der Waals surface area contributed by atoms with Gasteiger partial charge in [0.2, 0.25) is 5.91 Å². The highest BCUT2D eigenvalue weighted by Crippen LogP contribution is 2.42. The Morgan fingerprint density at radius 2 is 2.06 bits per heavy atom. The van der Waals surface area contributed by atoms with Crippen LogP contribution in [0.15, 0.2) is 0 Å². The van der Waals surface area contributed by atoms with Gasteiger partial charge < -0.3 is 15.4 Å². The van der Waals surface area contributed by atoms with Gasteiger partial charge in [0.05, 0.1) is 6.10 Å². The Hall–Kier alpha value is -0.610. The van der Waals surface area contributed by atoms with Crippen molar-refractivity contribution in [1.29, 1.82) is 0 Å². The van der Waals surface area contributed by atoms with Crippen molar-refractivity contribution >= 4 is 5.91 Å². The van der Waals surface area contributed by atoms with Crippen LogP contribution in [0, 0.1) is 5.41 Å². The van der Waals surface area contributed by atoms with Gasteiger partial charge in [-0.2, -0.15) is 0 Å². The summed E-state index contributed by atoms with van der Waals surface area (Å²) in [5.74, 6) is 0.142. The van der Waals surface area contributed by atoms with E-state index in [0.717, 1.165) is 32.5 Å². The van der Waals surface area contributed by atoms with Gasteiger partial charge in [-0.05, 0) is 19.8 Å². The maximum Gasteiger partial charge on any atom is 0.221 e. The van der Waals surface area contributed by atoms with Crippen molar-refractivity contribution in [2.24, 2.45) is 5.41 Å². The van der Waals surface area contributed by atoms with Crippen LogP contribution in [0.2, 0.25) is 0 Å². The van der Waals surface area contributed by atoms with Gasteiger partial charge in [-0.25, -0.2) is 0 Å². The summed E-state index contributed by atoms with van der Waals surface area (Å²) >= 11 is 0. The molecule has 1 aliphatic carbocycles. The summed E-state index contributed by atoms with van der Waals surface area (Å²) in [4.78, 5) is 11.4. The van der Waals surface area contributed by atoms with Crippen LogP contribution in [0.3, 0.4) is 0 Å². The molecule has 1 aliphatic rings. The van der Waals surface area contributed by atoms with E-state index in [1.165, 1.54) is 0 Å². The molecule has 1 fully saturated rings. The van der Waals surface area contributed by atoms with E-state index in [-0.39, 0.29) is 11.3 Å². The average molecular weight is 256 g/mol. The number of rotatable bonds is 8. The third-order valence-corrected chi connectivity index (χ3v) is 3.86. The van der Waals surface area contributed by atoms with Crippen molar-refractivity contribution < 1.29 is 9.53 Å². The van der Waals surface area contributed by atoms with Crippen LogP contribution in [-0.4, -0.2) is 37.7 Å². The first kappa shape index (κ1) is 15.4. The number of hydrogen-bond acceptors (Lipinski definition) is 3. The normalized spacial score (nSPS) is 25.6. The summed E-state index contributed by atoms with van der Waals surface area (Å²) in [6.45, 7) is 10.9. The predicted octanol–water partition coefficient (Wildman–Crippen LogP) is 1.70. The third kappa shape index (κ3) is 3.95. The Morgan fingerprint density at radius 3 is 2.61 bits per heavy atom. The highest BCUT2D eigenvalue weighted by molar-refractivity contribution is 5.75. The second-order valence-corrected chi connectivity index (χ2v) is 5.61. The van der Waals surface area contributed by atoms with Gasteiger partial charge in [-0.1, -0.05) is 20.8 Å². The molecular formula is C14H28N2O2. The first-order valence-corrected chi connectivity index (χ1v) is 7.14. The quantitative estimate of drug-likeness (QED) is 0.695. The highest BCUT2D eigenvalue weighted by atomic mass is 16.5. The Labute approximate surface area is 111 Å². The average Bonchev–Trinajstić information content (AvgIpc) is 2.34. The summed E-state index contributed by atoms with van der Waals surface area (Å²) in [6.07, 6.45) is 2.96. The fraction of sp³-hybridized carbons (Fsp3) is 0.929. The molecular weight excluding hydrogens is 228 g/mol. The predicted molar refractivity (Wildman–Crippen MR) is 73.5 cm³/mol. The van der Waals surface area contributed by atoms with Crippen molar-refractivity contribution in [2.45, 2.75) is 59.1 Å². The molecule has 0 aromatic carbocycles. The van der Waals surface area contributed by atoms with Gasteiger partial charge in [0.25, 0.3) is 0 Å². The zero-order chi connectivity index (χ0) is 13.6. The van der Waals surface area contributed by atoms with Crippen molar-refractivity contribution in [1.82, 2.24) is 10.6 Å². The van der Waals surface area contributed by atoms with E-state index in [1.54, 1.807) is 0 Å². The van der Waals surface area contributed by atoms with Crippen LogP contribution >= 0.6 is 0 Å². The second kappa shape index (κ2) is 7.10. The van der Waals surface area contributed by atoms with Gasteiger partial charge in [0, 0.05) is 37.6 Å². The topological polar surface area (TPSA) is 50.4 Å². The summed E-state index contributed by atoms with van der Waals surface area (Å²) in [7, 11) is 0. The molecule has 0 radical (unpaired) electrons. The molecule has 18 heavy (non-hydrogen) atoms. The fourth-order valence-corrected chi connectivity index (χ4v) is 2.43. The SMILES string of the molecule is CCCNC(=O)CCNC1CC(OCC)C1(C)C. The second-order valence-electron chi connectivity index (χ2n) is 5.61. The summed E-state index contributed by atoms with van der Waals surface area (Å²) in [5.41, 5.74) is 0.176. The number of carbonyl (C=O) groups excluding carboxylic acids is 1. The van der Waals surface area contributed by atoms with Gasteiger partial charge in [-0.3, -0.25) is 4.79 Å². The standard InChI is InChI=1S/C14H28N2O2/c1-5-8-16-13(17)7-9-15-11-10-12(18-6-2)14(11,3)4/h11-12,15H,5-10H2,1-4H3,(H,16,17). The molecule has 2 atom stereocenters. The van der Waals surface area contributed by atoms with Crippen LogP contribution in [0.1, 0.15) is 47.0 Å². The minimum atomic E-state index is 0.142. The number of ether oxygens (including phenoxy) is 1. The molecule has 0 heterocycles. The van der Waals surface area contributed by atoms with Crippen LogP contribution in [-0.2, 0) is 9.53 Å². The summed E-state index contributed by atoms with van der Waals surface area (Å²) in [6, 6.07) is 0.466. The maximum atomic E-state index is 11.4. The lowest BCUT2D eigenvalue weighted by Gasteiger charge is -2.52. The monoisotopic (exact) mass is 256 g/mol. The van der Waals surface area contributed by atoms with Crippen LogP contribution in [0.25, 0.3) is 0 Å². The number of carbonyl (C=O) groups is 1. The van der Waals surface area contributed by atoms with Crippen molar-refractivity contribution in [2.75, 3.05) is 19.7 Å².